The van der Waals surface area contributed by atoms with Crippen molar-refractivity contribution < 1.29 is 99.5 Å². The van der Waals surface area contributed by atoms with Gasteiger partial charge in [-0.05, 0) is 48.5 Å². The van der Waals surface area contributed by atoms with Gasteiger partial charge in [-0.3, -0.25) is 0 Å². The van der Waals surface area contributed by atoms with Crippen molar-refractivity contribution in [1.29, 1.82) is 0 Å². The number of aliphatic hydroxyl groups is 13. The third kappa shape index (κ3) is 240. The Bertz CT molecular complexity index is 275. The zero-order chi connectivity index (χ0) is 44.0. The van der Waals surface area contributed by atoms with Crippen LogP contribution in [0.4, 0.5) is 0 Å². The second kappa shape index (κ2) is 124. The summed E-state index contributed by atoms with van der Waals surface area (Å²) in [4.78, 5) is 0. The third-order valence-electron chi connectivity index (χ3n) is 3.38. The van der Waals surface area contributed by atoms with Crippen molar-refractivity contribution in [2.24, 2.45) is 0 Å². The van der Waals surface area contributed by atoms with E-state index in [1.165, 1.54) is 0 Å². The van der Waals surface area contributed by atoms with Crippen LogP contribution in [0.2, 0.25) is 0 Å². The van der Waals surface area contributed by atoms with Gasteiger partial charge in [0, 0.05) is 46.2 Å². The molecule has 13 N–H and O–H groups in total. The highest BCUT2D eigenvalue weighted by Gasteiger charge is 1.77. The Morgan fingerprint density at radius 3 is 0.296 bits per heavy atom. The van der Waals surface area contributed by atoms with Gasteiger partial charge in [0.1, 0.15) is 0 Å². The van der Waals surface area contributed by atoms with Crippen LogP contribution in [0.25, 0.3) is 0 Å². The molecule has 20 nitrogen and oxygen atoms in total. The summed E-state index contributed by atoms with van der Waals surface area (Å²) in [7, 11) is 0. The molecule has 0 heterocycles. The quantitative estimate of drug-likeness (QED) is 0.0432. The molecule has 0 unspecified atom stereocenters. The first kappa shape index (κ1) is 77.7. The summed E-state index contributed by atoms with van der Waals surface area (Å²) in [6.07, 6.45) is 0. The Kier molecular flexibility index (Phi) is 179. The van der Waals surface area contributed by atoms with Crippen molar-refractivity contribution in [3.8, 4) is 0 Å². The van der Waals surface area contributed by atoms with Crippen LogP contribution in [-0.4, -0.2) is 245 Å². The summed E-state index contributed by atoms with van der Waals surface area (Å²) in [5.41, 5.74) is 0. The molecule has 0 fully saturated rings. The maximum atomic E-state index is 8.07. The molecular formula is C34H88O20. The zero-order valence-electron chi connectivity index (χ0n) is 34.8. The first-order valence-electron chi connectivity index (χ1n) is 18.1. The largest absolute Gasteiger partial charge is 0.394 e. The van der Waals surface area contributed by atoms with Crippen LogP contribution in [0.3, 0.4) is 0 Å². The van der Waals surface area contributed by atoms with Gasteiger partial charge in [0.15, 0.2) is 0 Å². The van der Waals surface area contributed by atoms with Gasteiger partial charge in [0.2, 0.25) is 0 Å². The third-order valence-corrected chi connectivity index (χ3v) is 3.38. The summed E-state index contributed by atoms with van der Waals surface area (Å²) in [6.45, 7) is 21.6. The summed E-state index contributed by atoms with van der Waals surface area (Å²) in [5, 5.41) is 102. The van der Waals surface area contributed by atoms with Gasteiger partial charge >= 0.3 is 0 Å². The van der Waals surface area contributed by atoms with Crippen LogP contribution >= 0.6 is 0 Å². The Morgan fingerprint density at radius 1 is 0.185 bits per heavy atom. The van der Waals surface area contributed by atoms with Gasteiger partial charge in [-0.2, -0.15) is 0 Å². The van der Waals surface area contributed by atoms with Crippen LogP contribution in [-0.2, 0) is 33.2 Å². The Balaban J connectivity index is -0.0000000500. The molecule has 0 aromatic carbocycles. The molecule has 54 heavy (non-hydrogen) atoms. The van der Waals surface area contributed by atoms with E-state index in [-0.39, 0.29) is 85.9 Å². The molecule has 0 aromatic rings. The van der Waals surface area contributed by atoms with E-state index in [9.17, 15) is 0 Å². The number of rotatable bonds is 24. The molecule has 0 spiro atoms. The minimum Gasteiger partial charge on any atom is -0.394 e. The fraction of sp³-hybridized carbons (Fsp3) is 1.00. The lowest BCUT2D eigenvalue weighted by molar-refractivity contribution is 0.102. The van der Waals surface area contributed by atoms with Crippen molar-refractivity contribution >= 4 is 0 Å². The van der Waals surface area contributed by atoms with E-state index in [0.29, 0.717) is 92.5 Å². The average Bonchev–Trinajstić information content (AvgIpc) is 3.22. The average molecular weight is 817 g/mol. The minimum absolute atomic E-state index is 0.125. The van der Waals surface area contributed by atoms with Crippen molar-refractivity contribution in [1.82, 2.24) is 0 Å². The van der Waals surface area contributed by atoms with Gasteiger partial charge < -0.3 is 99.5 Å². The van der Waals surface area contributed by atoms with E-state index in [0.717, 1.165) is 0 Å². The molecule has 0 amide bonds. The molecule has 0 aromatic heterocycles. The summed E-state index contributed by atoms with van der Waals surface area (Å²) in [6, 6.07) is 0. The molecule has 0 saturated carbocycles. The van der Waals surface area contributed by atoms with Crippen molar-refractivity contribution in [3.05, 3.63) is 0 Å². The smallest absolute Gasteiger partial charge is 0.0697 e. The first-order valence-corrected chi connectivity index (χ1v) is 18.1. The normalized spacial score (nSPS) is 8.67. The first-order chi connectivity index (χ1) is 26.1. The van der Waals surface area contributed by atoms with Crippen molar-refractivity contribution in [2.75, 3.05) is 178 Å². The van der Waals surface area contributed by atoms with Crippen molar-refractivity contribution in [2.45, 2.75) is 48.5 Å². The van der Waals surface area contributed by atoms with E-state index in [1.807, 2.05) is 48.5 Å². The lowest BCUT2D eigenvalue weighted by Gasteiger charge is -1.91. The molecular weight excluding hydrogens is 728 g/mol. The molecule has 0 atom stereocenters. The van der Waals surface area contributed by atoms with Gasteiger partial charge in [-0.1, -0.05) is 0 Å². The summed E-state index contributed by atoms with van der Waals surface area (Å²) < 4.78 is 33.1. The maximum absolute atomic E-state index is 8.07. The van der Waals surface area contributed by atoms with E-state index in [2.05, 4.69) is 0 Å². The van der Waals surface area contributed by atoms with Crippen LogP contribution < -0.4 is 0 Å². The highest BCUT2D eigenvalue weighted by molar-refractivity contribution is 4.21. The highest BCUT2D eigenvalue weighted by Crippen LogP contribution is 1.69. The number of hydrogen-bond donors (Lipinski definition) is 13. The fourth-order valence-electron chi connectivity index (χ4n) is 1.46. The summed E-state index contributed by atoms with van der Waals surface area (Å²) in [5.74, 6) is 0. The van der Waals surface area contributed by atoms with Crippen LogP contribution in [0.1, 0.15) is 48.5 Å². The van der Waals surface area contributed by atoms with Crippen molar-refractivity contribution in [3.63, 3.8) is 0 Å². The van der Waals surface area contributed by atoms with Gasteiger partial charge in [-0.15, -0.1) is 0 Å². The SMILES string of the molecule is CCOCCO.CCOCCO.CCOCCO.CCOCCO.CCOCCO.CCOCCO.CCOCCO.OCCO.OCCO.OCCO. The molecule has 0 aliphatic rings. The Hall–Kier alpha value is -0.800. The lowest BCUT2D eigenvalue weighted by Crippen LogP contribution is -1.96. The second-order valence-electron chi connectivity index (χ2n) is 7.79. The standard InChI is InChI=1S/7C4H10O2.3C2H6O2/c7*1-2-6-4-3-5;3*3-1-2-4/h7*5H,2-4H2,1H3;3*3-4H,1-2H2. The zero-order valence-corrected chi connectivity index (χ0v) is 34.8. The molecule has 20 heteroatoms. The molecule has 0 radical (unpaired) electrons. The molecule has 0 rings (SSSR count). The molecule has 344 valence electrons. The van der Waals surface area contributed by atoms with Gasteiger partial charge in [0.25, 0.3) is 0 Å². The predicted molar refractivity (Wildman–Crippen MR) is 208 cm³/mol. The minimum atomic E-state index is -0.125. The topological polar surface area (TPSA) is 328 Å². The van der Waals surface area contributed by atoms with E-state index >= 15 is 0 Å². The van der Waals surface area contributed by atoms with Gasteiger partial charge in [-0.25, -0.2) is 0 Å². The highest BCUT2D eigenvalue weighted by atomic mass is 16.5. The maximum Gasteiger partial charge on any atom is 0.0697 e. The van der Waals surface area contributed by atoms with E-state index in [4.69, 9.17) is 99.5 Å². The van der Waals surface area contributed by atoms with Crippen LogP contribution in [0.5, 0.6) is 0 Å². The lowest BCUT2D eigenvalue weighted by atomic mass is 10.8. The van der Waals surface area contributed by atoms with E-state index in [1.54, 1.807) is 0 Å². The molecule has 0 aliphatic heterocycles. The van der Waals surface area contributed by atoms with Crippen LogP contribution in [0.15, 0.2) is 0 Å². The number of hydrogen-bond acceptors (Lipinski definition) is 20. The molecule has 0 bridgehead atoms. The molecule has 0 aliphatic carbocycles. The number of aliphatic hydroxyl groups excluding tert-OH is 13. The van der Waals surface area contributed by atoms with Gasteiger partial charge in [0.05, 0.1) is 132 Å². The molecule has 0 saturated heterocycles. The summed E-state index contributed by atoms with van der Waals surface area (Å²) >= 11 is 0. The second-order valence-corrected chi connectivity index (χ2v) is 7.79. The Morgan fingerprint density at radius 2 is 0.278 bits per heavy atom. The van der Waals surface area contributed by atoms with E-state index < -0.39 is 0 Å². The Labute approximate surface area is 326 Å². The number of ether oxygens (including phenoxy) is 7. The predicted octanol–water partition coefficient (Wildman–Crippen LogP) is -2.98. The fourth-order valence-corrected chi connectivity index (χ4v) is 1.46. The van der Waals surface area contributed by atoms with Crippen LogP contribution in [0, 0.1) is 0 Å². The monoisotopic (exact) mass is 817 g/mol.